The molecule has 5 rings (SSSR count). The average molecular weight is 499 g/mol. The molecule has 4 aromatic rings. The third-order valence-electron chi connectivity index (χ3n) is 6.97. The van der Waals surface area contributed by atoms with Gasteiger partial charge in [-0.2, -0.15) is 10.4 Å². The molecule has 0 radical (unpaired) electrons. The van der Waals surface area contributed by atoms with Crippen LogP contribution in [0.3, 0.4) is 0 Å². The van der Waals surface area contributed by atoms with Gasteiger partial charge < -0.3 is 19.4 Å². The van der Waals surface area contributed by atoms with Crippen LogP contribution in [0.1, 0.15) is 38.2 Å². The van der Waals surface area contributed by atoms with Crippen LogP contribution in [-0.2, 0) is 11.3 Å². The molecule has 1 fully saturated rings. The second kappa shape index (κ2) is 11.6. The molecule has 0 spiro atoms. The zero-order chi connectivity index (χ0) is 25.6. The van der Waals surface area contributed by atoms with Gasteiger partial charge >= 0.3 is 0 Å². The van der Waals surface area contributed by atoms with Gasteiger partial charge in [-0.1, -0.05) is 19.4 Å². The molecule has 4 heterocycles. The van der Waals surface area contributed by atoms with Crippen LogP contribution in [0.2, 0.25) is 0 Å². The van der Waals surface area contributed by atoms with Crippen molar-refractivity contribution in [2.75, 3.05) is 33.4 Å². The molecule has 0 aliphatic carbocycles. The van der Waals surface area contributed by atoms with Gasteiger partial charge in [-0.05, 0) is 43.8 Å². The van der Waals surface area contributed by atoms with Crippen LogP contribution < -0.4 is 4.74 Å². The second-order valence-electron chi connectivity index (χ2n) is 9.72. The predicted molar refractivity (Wildman–Crippen MR) is 144 cm³/mol. The van der Waals surface area contributed by atoms with E-state index in [1.807, 2.05) is 41.5 Å². The normalized spacial score (nSPS) is 14.3. The van der Waals surface area contributed by atoms with Gasteiger partial charge in [0.15, 0.2) is 0 Å². The summed E-state index contributed by atoms with van der Waals surface area (Å²) >= 11 is 0. The van der Waals surface area contributed by atoms with Crippen molar-refractivity contribution in [3.8, 4) is 34.1 Å². The molecular weight excluding hydrogens is 464 g/mol. The molecule has 3 aromatic heterocycles. The lowest BCUT2D eigenvalue weighted by atomic mass is 10.0. The van der Waals surface area contributed by atoms with Crippen LogP contribution in [0.4, 0.5) is 0 Å². The molecule has 1 aliphatic heterocycles. The number of hydrogen-bond donors (Lipinski definition) is 1. The van der Waals surface area contributed by atoms with Crippen molar-refractivity contribution in [1.82, 2.24) is 24.6 Å². The largest absolute Gasteiger partial charge is 0.489 e. The summed E-state index contributed by atoms with van der Waals surface area (Å²) in [7, 11) is 2.16. The van der Waals surface area contributed by atoms with Crippen molar-refractivity contribution in [3.05, 3.63) is 54.6 Å². The van der Waals surface area contributed by atoms with Crippen molar-refractivity contribution in [2.24, 2.45) is 0 Å². The van der Waals surface area contributed by atoms with Crippen LogP contribution in [0.15, 0.2) is 49.1 Å². The lowest BCUT2D eigenvalue weighted by Crippen LogP contribution is -2.26. The summed E-state index contributed by atoms with van der Waals surface area (Å²) in [6.07, 6.45) is 12.0. The van der Waals surface area contributed by atoms with Gasteiger partial charge in [0.05, 0.1) is 31.5 Å². The van der Waals surface area contributed by atoms with E-state index in [-0.39, 0.29) is 6.10 Å². The highest BCUT2D eigenvalue weighted by atomic mass is 16.5. The molecule has 0 atom stereocenters. The van der Waals surface area contributed by atoms with E-state index in [1.54, 1.807) is 0 Å². The van der Waals surface area contributed by atoms with Gasteiger partial charge in [0.25, 0.3) is 0 Å². The van der Waals surface area contributed by atoms with Crippen LogP contribution in [-0.4, -0.2) is 64.1 Å². The van der Waals surface area contributed by atoms with Gasteiger partial charge in [0, 0.05) is 60.1 Å². The van der Waals surface area contributed by atoms with E-state index >= 15 is 0 Å². The Kier molecular flexibility index (Phi) is 7.83. The van der Waals surface area contributed by atoms with Crippen molar-refractivity contribution in [1.29, 1.82) is 5.26 Å². The minimum absolute atomic E-state index is 0.0872. The molecule has 0 saturated carbocycles. The Balaban J connectivity index is 1.36. The molecule has 0 amide bonds. The molecule has 0 bridgehead atoms. The molecular formula is C29H34N6O2. The van der Waals surface area contributed by atoms with E-state index in [2.05, 4.69) is 52.3 Å². The van der Waals surface area contributed by atoms with Crippen LogP contribution in [0, 0.1) is 11.3 Å². The number of H-pyrrole nitrogens is 1. The number of aromatic nitrogens is 4. The van der Waals surface area contributed by atoms with E-state index in [0.717, 1.165) is 65.8 Å². The molecule has 37 heavy (non-hydrogen) atoms. The standard InChI is InChI=1S/C29H34N6O2/c1-3-4-9-34(2)10-11-35-20-24(18-33-35)23-15-26-27(19-32-29(26)31-17-23)21-5-6-28(22(14-21)16-30)37-25-7-12-36-13-8-25/h5-6,14-15,17-20,25H,3-4,7-13H2,1-2H3,(H,31,32). The molecule has 1 N–H and O–H groups in total. The first kappa shape index (κ1) is 25.0. The summed E-state index contributed by atoms with van der Waals surface area (Å²) in [4.78, 5) is 10.3. The van der Waals surface area contributed by atoms with E-state index in [0.29, 0.717) is 24.5 Å². The van der Waals surface area contributed by atoms with E-state index in [9.17, 15) is 5.26 Å². The first-order valence-corrected chi connectivity index (χ1v) is 13.1. The summed E-state index contributed by atoms with van der Waals surface area (Å²) in [5, 5.41) is 15.4. The Hall–Kier alpha value is -3.67. The highest BCUT2D eigenvalue weighted by Gasteiger charge is 2.18. The van der Waals surface area contributed by atoms with E-state index in [1.165, 1.54) is 12.8 Å². The fraction of sp³-hybridized carbons (Fsp3) is 0.414. The number of nitrogens with one attached hydrogen (secondary N) is 1. The number of unbranched alkanes of at least 4 members (excludes halogenated alkanes) is 1. The Morgan fingerprint density at radius 2 is 2.03 bits per heavy atom. The number of hydrogen-bond acceptors (Lipinski definition) is 6. The SMILES string of the molecule is CCCCN(C)CCn1cc(-c2cnc3[nH]cc(-c4ccc(OC5CCOCC5)c(C#N)c4)c3c2)cn1. The van der Waals surface area contributed by atoms with Crippen molar-refractivity contribution in [2.45, 2.75) is 45.3 Å². The number of fused-ring (bicyclic) bond motifs is 1. The van der Waals surface area contributed by atoms with Gasteiger partial charge in [0.2, 0.25) is 0 Å². The third-order valence-corrected chi connectivity index (χ3v) is 6.97. The summed E-state index contributed by atoms with van der Waals surface area (Å²) in [5.74, 6) is 0.629. The number of likely N-dealkylation sites (N-methyl/N-ethyl adjacent to an activating group) is 1. The molecule has 8 nitrogen and oxygen atoms in total. The smallest absolute Gasteiger partial charge is 0.137 e. The van der Waals surface area contributed by atoms with Crippen LogP contribution in [0.5, 0.6) is 5.75 Å². The maximum Gasteiger partial charge on any atom is 0.137 e. The third kappa shape index (κ3) is 5.85. The maximum absolute atomic E-state index is 9.81. The highest BCUT2D eigenvalue weighted by Crippen LogP contribution is 2.34. The van der Waals surface area contributed by atoms with Gasteiger partial charge in [-0.25, -0.2) is 4.98 Å². The number of pyridine rings is 1. The summed E-state index contributed by atoms with van der Waals surface area (Å²) in [5.41, 5.74) is 5.35. The first-order valence-electron chi connectivity index (χ1n) is 13.1. The van der Waals surface area contributed by atoms with Crippen LogP contribution in [0.25, 0.3) is 33.3 Å². The molecule has 1 aliphatic rings. The van der Waals surface area contributed by atoms with Gasteiger partial charge in [-0.15, -0.1) is 0 Å². The maximum atomic E-state index is 9.81. The van der Waals surface area contributed by atoms with Crippen molar-refractivity contribution >= 4 is 11.0 Å². The minimum Gasteiger partial charge on any atom is -0.489 e. The fourth-order valence-corrected chi connectivity index (χ4v) is 4.71. The minimum atomic E-state index is 0.0872. The molecule has 1 aromatic carbocycles. The average Bonchev–Trinajstić information content (AvgIpc) is 3.58. The Bertz CT molecular complexity index is 1380. The van der Waals surface area contributed by atoms with Gasteiger partial charge in [0.1, 0.15) is 23.6 Å². The lowest BCUT2D eigenvalue weighted by Gasteiger charge is -2.23. The van der Waals surface area contributed by atoms with Gasteiger partial charge in [-0.3, -0.25) is 4.68 Å². The second-order valence-corrected chi connectivity index (χ2v) is 9.72. The molecule has 192 valence electrons. The van der Waals surface area contributed by atoms with Crippen LogP contribution >= 0.6 is 0 Å². The predicted octanol–water partition coefficient (Wildman–Crippen LogP) is 5.25. The summed E-state index contributed by atoms with van der Waals surface area (Å²) < 4.78 is 13.6. The number of ether oxygens (including phenoxy) is 2. The quantitative estimate of drug-likeness (QED) is 0.321. The zero-order valence-corrected chi connectivity index (χ0v) is 21.6. The molecule has 1 saturated heterocycles. The number of benzene rings is 1. The summed E-state index contributed by atoms with van der Waals surface area (Å²) in [6.45, 7) is 6.54. The van der Waals surface area contributed by atoms with Crippen molar-refractivity contribution < 1.29 is 9.47 Å². The zero-order valence-electron chi connectivity index (χ0n) is 21.6. The highest BCUT2D eigenvalue weighted by molar-refractivity contribution is 5.96. The lowest BCUT2D eigenvalue weighted by molar-refractivity contribution is 0.0254. The topological polar surface area (TPSA) is 92.0 Å². The first-order chi connectivity index (χ1) is 18.1. The van der Waals surface area contributed by atoms with Crippen molar-refractivity contribution in [3.63, 3.8) is 0 Å². The number of aromatic amines is 1. The number of nitriles is 1. The number of nitrogens with zero attached hydrogens (tertiary/aromatic N) is 5. The van der Waals surface area contributed by atoms with E-state index in [4.69, 9.17) is 9.47 Å². The monoisotopic (exact) mass is 498 g/mol. The van der Waals surface area contributed by atoms with E-state index < -0.39 is 0 Å². The fourth-order valence-electron chi connectivity index (χ4n) is 4.71. The summed E-state index contributed by atoms with van der Waals surface area (Å²) in [6, 6.07) is 10.3. The Labute approximate surface area is 217 Å². The molecule has 8 heteroatoms. The number of rotatable bonds is 10. The Morgan fingerprint density at radius 1 is 1.16 bits per heavy atom. The molecule has 0 unspecified atom stereocenters. The Morgan fingerprint density at radius 3 is 2.84 bits per heavy atom.